The van der Waals surface area contributed by atoms with Gasteiger partial charge in [-0.25, -0.2) is 0 Å². The van der Waals surface area contributed by atoms with Crippen LogP contribution in [-0.4, -0.2) is 35.3 Å². The van der Waals surface area contributed by atoms with Gasteiger partial charge in [-0.2, -0.15) is 0 Å². The number of hydrogen-bond acceptors (Lipinski definition) is 5. The van der Waals surface area contributed by atoms with E-state index < -0.39 is 0 Å². The van der Waals surface area contributed by atoms with Gasteiger partial charge in [-0.15, -0.1) is 5.10 Å². The summed E-state index contributed by atoms with van der Waals surface area (Å²) >= 11 is 1.16. The topological polar surface area (TPSA) is 64.1 Å². The van der Waals surface area contributed by atoms with Crippen molar-refractivity contribution in [1.82, 2.24) is 14.9 Å². The molecule has 2 heterocycles. The normalized spacial score (nSPS) is 19.9. The Bertz CT molecular complexity index is 361. The lowest BCUT2D eigenvalue weighted by molar-refractivity contribution is 0.0948. The van der Waals surface area contributed by atoms with Gasteiger partial charge >= 0.3 is 0 Å². The molecule has 0 bridgehead atoms. The lowest BCUT2D eigenvalue weighted by Crippen LogP contribution is -2.29. The summed E-state index contributed by atoms with van der Waals surface area (Å²) in [6.45, 7) is 4.21. The third-order valence-electron chi connectivity index (χ3n) is 2.67. The van der Waals surface area contributed by atoms with Crippen LogP contribution >= 0.6 is 11.5 Å². The second-order valence-electron chi connectivity index (χ2n) is 3.84. The largest absolute Gasteiger partial charge is 0.381 e. The molecule has 0 radical (unpaired) electrons. The molecule has 1 atom stereocenters. The average molecular weight is 241 g/mol. The Hall–Kier alpha value is -1.01. The van der Waals surface area contributed by atoms with Gasteiger partial charge in [0.05, 0.1) is 12.3 Å². The van der Waals surface area contributed by atoms with E-state index >= 15 is 0 Å². The van der Waals surface area contributed by atoms with Crippen LogP contribution in [0.3, 0.4) is 0 Å². The van der Waals surface area contributed by atoms with Gasteiger partial charge in [-0.3, -0.25) is 4.79 Å². The molecule has 1 aliphatic rings. The van der Waals surface area contributed by atoms with E-state index in [0.717, 1.165) is 43.3 Å². The molecule has 2 rings (SSSR count). The summed E-state index contributed by atoms with van der Waals surface area (Å²) in [5.41, 5.74) is 0.783. The highest BCUT2D eigenvalue weighted by Crippen LogP contribution is 2.13. The van der Waals surface area contributed by atoms with Crippen molar-refractivity contribution < 1.29 is 9.53 Å². The lowest BCUT2D eigenvalue weighted by Gasteiger charge is -2.08. The molecule has 1 saturated heterocycles. The van der Waals surface area contributed by atoms with Crippen LogP contribution in [0.15, 0.2) is 0 Å². The van der Waals surface area contributed by atoms with Crippen LogP contribution in [-0.2, 0) is 11.2 Å². The summed E-state index contributed by atoms with van der Waals surface area (Å²) in [5.74, 6) is 0.397. The van der Waals surface area contributed by atoms with Crippen molar-refractivity contribution in [1.29, 1.82) is 0 Å². The Kier molecular flexibility index (Phi) is 3.84. The van der Waals surface area contributed by atoms with E-state index in [1.165, 1.54) is 0 Å². The van der Waals surface area contributed by atoms with Crippen LogP contribution in [0, 0.1) is 5.92 Å². The molecule has 1 aromatic rings. The van der Waals surface area contributed by atoms with Crippen molar-refractivity contribution in [2.24, 2.45) is 5.92 Å². The smallest absolute Gasteiger partial charge is 0.264 e. The molecule has 1 aliphatic heterocycles. The van der Waals surface area contributed by atoms with E-state index in [-0.39, 0.29) is 5.91 Å². The summed E-state index contributed by atoms with van der Waals surface area (Å²) in [4.78, 5) is 12.5. The number of nitrogens with one attached hydrogen (secondary N) is 1. The van der Waals surface area contributed by atoms with Gasteiger partial charge in [-0.1, -0.05) is 11.4 Å². The lowest BCUT2D eigenvalue weighted by atomic mass is 10.1. The Morgan fingerprint density at radius 1 is 1.69 bits per heavy atom. The van der Waals surface area contributed by atoms with E-state index in [0.29, 0.717) is 17.3 Å². The molecule has 1 N–H and O–H groups in total. The van der Waals surface area contributed by atoms with Gasteiger partial charge in [0.25, 0.3) is 5.91 Å². The van der Waals surface area contributed by atoms with E-state index in [4.69, 9.17) is 4.74 Å². The van der Waals surface area contributed by atoms with Gasteiger partial charge in [0, 0.05) is 19.1 Å². The van der Waals surface area contributed by atoms with Crippen LogP contribution in [0.5, 0.6) is 0 Å². The Morgan fingerprint density at radius 2 is 2.56 bits per heavy atom. The first-order chi connectivity index (χ1) is 7.81. The number of hydrogen-bond donors (Lipinski definition) is 1. The minimum atomic E-state index is -0.0567. The van der Waals surface area contributed by atoms with Crippen LogP contribution < -0.4 is 5.32 Å². The fraction of sp³-hybridized carbons (Fsp3) is 0.700. The van der Waals surface area contributed by atoms with Crippen LogP contribution in [0.1, 0.15) is 28.7 Å². The van der Waals surface area contributed by atoms with Gasteiger partial charge in [-0.05, 0) is 24.4 Å². The van der Waals surface area contributed by atoms with Crippen molar-refractivity contribution in [2.75, 3.05) is 19.8 Å². The zero-order valence-corrected chi connectivity index (χ0v) is 10.0. The highest BCUT2D eigenvalue weighted by atomic mass is 32.1. The van der Waals surface area contributed by atoms with Gasteiger partial charge in [0.15, 0.2) is 0 Å². The first kappa shape index (κ1) is 11.5. The van der Waals surface area contributed by atoms with E-state index in [1.54, 1.807) is 0 Å². The zero-order valence-electron chi connectivity index (χ0n) is 9.23. The maximum Gasteiger partial charge on any atom is 0.264 e. The monoisotopic (exact) mass is 241 g/mol. The van der Waals surface area contributed by atoms with Crippen LogP contribution in [0.25, 0.3) is 0 Å². The summed E-state index contributed by atoms with van der Waals surface area (Å²) in [5, 5.41) is 6.83. The molecule has 1 aromatic heterocycles. The summed E-state index contributed by atoms with van der Waals surface area (Å²) < 4.78 is 9.05. The predicted octanol–water partition coefficient (Wildman–Crippen LogP) is 0.867. The van der Waals surface area contributed by atoms with Crippen molar-refractivity contribution in [3.05, 3.63) is 10.6 Å². The number of nitrogens with zero attached hydrogens (tertiary/aromatic N) is 2. The first-order valence-corrected chi connectivity index (χ1v) is 6.25. The third-order valence-corrected chi connectivity index (χ3v) is 3.44. The average Bonchev–Trinajstić information content (AvgIpc) is 2.96. The van der Waals surface area contributed by atoms with Crippen molar-refractivity contribution in [3.8, 4) is 0 Å². The minimum absolute atomic E-state index is 0.0567. The standard InChI is InChI=1S/C10H15N3O2S/c1-2-8-9(16-13-12-8)10(14)11-5-7-3-4-15-6-7/h7H,2-6H2,1H3,(H,11,14)/t7-/m1/s1. The molecule has 1 fully saturated rings. The second-order valence-corrected chi connectivity index (χ2v) is 4.60. The van der Waals surface area contributed by atoms with Gasteiger partial charge in [0.1, 0.15) is 4.88 Å². The Morgan fingerprint density at radius 3 is 3.25 bits per heavy atom. The van der Waals surface area contributed by atoms with E-state index in [2.05, 4.69) is 14.9 Å². The molecule has 5 nitrogen and oxygen atoms in total. The third kappa shape index (κ3) is 2.56. The number of carbonyl (C=O) groups excluding carboxylic acids is 1. The van der Waals surface area contributed by atoms with Gasteiger partial charge < -0.3 is 10.1 Å². The van der Waals surface area contributed by atoms with Crippen LogP contribution in [0.2, 0.25) is 0 Å². The maximum absolute atomic E-state index is 11.8. The maximum atomic E-state index is 11.8. The number of ether oxygens (including phenoxy) is 1. The zero-order chi connectivity index (χ0) is 11.4. The molecular weight excluding hydrogens is 226 g/mol. The van der Waals surface area contributed by atoms with Crippen LogP contribution in [0.4, 0.5) is 0 Å². The second kappa shape index (κ2) is 5.36. The summed E-state index contributed by atoms with van der Waals surface area (Å²) in [7, 11) is 0. The Balaban J connectivity index is 1.87. The summed E-state index contributed by atoms with van der Waals surface area (Å²) in [6, 6.07) is 0. The molecular formula is C10H15N3O2S. The highest BCUT2D eigenvalue weighted by molar-refractivity contribution is 7.08. The minimum Gasteiger partial charge on any atom is -0.381 e. The van der Waals surface area contributed by atoms with E-state index in [1.807, 2.05) is 6.92 Å². The quantitative estimate of drug-likeness (QED) is 0.849. The number of aryl methyl sites for hydroxylation is 1. The molecule has 0 saturated carbocycles. The Labute approximate surface area is 98.4 Å². The van der Waals surface area contributed by atoms with Crippen molar-refractivity contribution >= 4 is 17.4 Å². The molecule has 0 aromatic carbocycles. The molecule has 6 heteroatoms. The number of rotatable bonds is 4. The highest BCUT2D eigenvalue weighted by Gasteiger charge is 2.19. The molecule has 16 heavy (non-hydrogen) atoms. The summed E-state index contributed by atoms with van der Waals surface area (Å²) in [6.07, 6.45) is 1.77. The van der Waals surface area contributed by atoms with Gasteiger partial charge in [0.2, 0.25) is 0 Å². The molecule has 1 amide bonds. The SMILES string of the molecule is CCc1nnsc1C(=O)NC[C@H]1CCOC1. The fourth-order valence-corrected chi connectivity index (χ4v) is 2.34. The molecule has 0 spiro atoms. The van der Waals surface area contributed by atoms with E-state index in [9.17, 15) is 4.79 Å². The fourth-order valence-electron chi connectivity index (χ4n) is 1.67. The predicted molar refractivity (Wildman–Crippen MR) is 60.5 cm³/mol. The van der Waals surface area contributed by atoms with Crippen molar-refractivity contribution in [3.63, 3.8) is 0 Å². The molecule has 88 valence electrons. The molecule has 0 unspecified atom stereocenters. The van der Waals surface area contributed by atoms with Crippen molar-refractivity contribution in [2.45, 2.75) is 19.8 Å². The number of aromatic nitrogens is 2. The number of amides is 1. The molecule has 0 aliphatic carbocycles. The number of carbonyl (C=O) groups is 1. The first-order valence-electron chi connectivity index (χ1n) is 5.48.